The summed E-state index contributed by atoms with van der Waals surface area (Å²) in [6.45, 7) is 10.2. The number of nitrogens with zero attached hydrogens (tertiary/aromatic N) is 5. The fourth-order valence-electron chi connectivity index (χ4n) is 2.64. The average Bonchev–Trinajstić information content (AvgIpc) is 2.66. The van der Waals surface area contributed by atoms with Crippen molar-refractivity contribution in [2.75, 3.05) is 26.0 Å². The first-order chi connectivity index (χ1) is 9.92. The molecular formula is C15H26N6. The quantitative estimate of drug-likeness (QED) is 0.884. The fraction of sp³-hybridized carbons (Fsp3) is 0.667. The Morgan fingerprint density at radius 1 is 1.19 bits per heavy atom. The highest BCUT2D eigenvalue weighted by molar-refractivity contribution is 5.83. The van der Waals surface area contributed by atoms with E-state index in [9.17, 15) is 0 Å². The van der Waals surface area contributed by atoms with Gasteiger partial charge in [0.15, 0.2) is 17.0 Å². The lowest BCUT2D eigenvalue weighted by Gasteiger charge is -2.19. The number of fused-ring (bicyclic) bond motifs is 1. The first-order valence-corrected chi connectivity index (χ1v) is 7.55. The molecule has 0 aromatic carbocycles. The molecule has 6 heteroatoms. The van der Waals surface area contributed by atoms with Crippen LogP contribution in [0, 0.1) is 13.8 Å². The van der Waals surface area contributed by atoms with Crippen molar-refractivity contribution in [3.63, 3.8) is 0 Å². The number of aryl methyl sites for hydroxylation is 3. The second-order valence-corrected chi connectivity index (χ2v) is 5.91. The highest BCUT2D eigenvalue weighted by Crippen LogP contribution is 2.22. The minimum atomic E-state index is 0.300. The Hall–Kier alpha value is -1.69. The lowest BCUT2D eigenvalue weighted by molar-refractivity contribution is 0.392. The van der Waals surface area contributed by atoms with Crippen LogP contribution in [0.5, 0.6) is 0 Å². The van der Waals surface area contributed by atoms with E-state index < -0.39 is 0 Å². The topological polar surface area (TPSA) is 58.9 Å². The molecule has 2 heterocycles. The van der Waals surface area contributed by atoms with Crippen molar-refractivity contribution in [1.29, 1.82) is 0 Å². The molecule has 1 N–H and O–H groups in total. The monoisotopic (exact) mass is 290 g/mol. The van der Waals surface area contributed by atoms with Crippen molar-refractivity contribution in [1.82, 2.24) is 24.4 Å². The largest absolute Gasteiger partial charge is 0.364 e. The minimum Gasteiger partial charge on any atom is -0.364 e. The molecule has 0 aliphatic heterocycles. The molecule has 6 nitrogen and oxygen atoms in total. The van der Waals surface area contributed by atoms with Crippen molar-refractivity contribution in [2.45, 2.75) is 46.7 Å². The zero-order chi connectivity index (χ0) is 15.6. The maximum Gasteiger partial charge on any atom is 0.165 e. The molecule has 0 fully saturated rings. The molecule has 0 saturated heterocycles. The smallest absolute Gasteiger partial charge is 0.165 e. The van der Waals surface area contributed by atoms with Crippen LogP contribution in [0.25, 0.3) is 11.2 Å². The van der Waals surface area contributed by atoms with Gasteiger partial charge in [0.2, 0.25) is 0 Å². The van der Waals surface area contributed by atoms with Crippen LogP contribution in [0.2, 0.25) is 0 Å². The van der Waals surface area contributed by atoms with E-state index in [0.717, 1.165) is 48.1 Å². The number of rotatable bonds is 6. The van der Waals surface area contributed by atoms with Gasteiger partial charge < -0.3 is 14.8 Å². The molecule has 2 rings (SSSR count). The zero-order valence-corrected chi connectivity index (χ0v) is 13.9. The summed E-state index contributed by atoms with van der Waals surface area (Å²) in [5.41, 5.74) is 1.80. The third-order valence-electron chi connectivity index (χ3n) is 3.37. The van der Waals surface area contributed by atoms with E-state index in [1.807, 2.05) is 13.8 Å². The predicted octanol–water partition coefficient (Wildman–Crippen LogP) is 2.22. The molecule has 2 aromatic heterocycles. The van der Waals surface area contributed by atoms with Crippen molar-refractivity contribution < 1.29 is 0 Å². The van der Waals surface area contributed by atoms with Gasteiger partial charge in [-0.05, 0) is 41.3 Å². The molecule has 0 aliphatic carbocycles. The summed E-state index contributed by atoms with van der Waals surface area (Å²) in [5, 5.41) is 3.47. The number of hydrogen-bond acceptors (Lipinski definition) is 5. The van der Waals surface area contributed by atoms with E-state index in [2.05, 4.69) is 57.7 Å². The van der Waals surface area contributed by atoms with Gasteiger partial charge in [0.05, 0.1) is 0 Å². The lowest BCUT2D eigenvalue weighted by atomic mass is 10.3. The zero-order valence-electron chi connectivity index (χ0n) is 13.9. The third kappa shape index (κ3) is 3.50. The summed E-state index contributed by atoms with van der Waals surface area (Å²) < 4.78 is 2.17. The molecule has 1 atom stereocenters. The molecule has 0 aliphatic rings. The number of likely N-dealkylation sites (N-methyl/N-ethyl adjacent to an activating group) is 1. The molecule has 0 spiro atoms. The van der Waals surface area contributed by atoms with Crippen molar-refractivity contribution in [3.8, 4) is 0 Å². The van der Waals surface area contributed by atoms with Gasteiger partial charge in [-0.25, -0.2) is 15.0 Å². The van der Waals surface area contributed by atoms with Crippen molar-refractivity contribution >= 4 is 17.0 Å². The van der Waals surface area contributed by atoms with Gasteiger partial charge in [0.25, 0.3) is 0 Å². The Morgan fingerprint density at radius 3 is 2.52 bits per heavy atom. The van der Waals surface area contributed by atoms with Gasteiger partial charge in [0.1, 0.15) is 11.6 Å². The van der Waals surface area contributed by atoms with E-state index >= 15 is 0 Å². The summed E-state index contributed by atoms with van der Waals surface area (Å²) >= 11 is 0. The van der Waals surface area contributed by atoms with Crippen LogP contribution >= 0.6 is 0 Å². The minimum absolute atomic E-state index is 0.300. The summed E-state index contributed by atoms with van der Waals surface area (Å²) in [5.74, 6) is 2.61. The van der Waals surface area contributed by atoms with Crippen molar-refractivity contribution in [2.24, 2.45) is 0 Å². The first-order valence-electron chi connectivity index (χ1n) is 7.55. The number of anilines is 1. The molecule has 1 unspecified atom stereocenters. The average molecular weight is 290 g/mol. The number of nitrogens with one attached hydrogen (secondary N) is 1. The summed E-state index contributed by atoms with van der Waals surface area (Å²) in [4.78, 5) is 16.0. The molecule has 2 aromatic rings. The summed E-state index contributed by atoms with van der Waals surface area (Å²) in [6, 6.07) is 0.300. The van der Waals surface area contributed by atoms with Crippen LogP contribution in [0.4, 0.5) is 5.82 Å². The molecule has 116 valence electrons. The molecule has 21 heavy (non-hydrogen) atoms. The number of aromatic nitrogens is 4. The van der Waals surface area contributed by atoms with Crippen molar-refractivity contribution in [3.05, 3.63) is 11.6 Å². The van der Waals surface area contributed by atoms with Crippen LogP contribution < -0.4 is 5.32 Å². The third-order valence-corrected chi connectivity index (χ3v) is 3.37. The normalized spacial score (nSPS) is 13.1. The molecular weight excluding hydrogens is 264 g/mol. The summed E-state index contributed by atoms with van der Waals surface area (Å²) in [7, 11) is 4.14. The molecule has 0 saturated carbocycles. The SMILES string of the molecule is CCCn1c(C)nc2c(NC(C)CN(C)C)nc(C)nc21. The molecule has 0 radical (unpaired) electrons. The Kier molecular flexibility index (Phi) is 4.77. The van der Waals surface area contributed by atoms with Gasteiger partial charge in [0, 0.05) is 19.1 Å². The summed E-state index contributed by atoms with van der Waals surface area (Å²) in [6.07, 6.45) is 1.06. The second kappa shape index (κ2) is 6.39. The molecule has 0 bridgehead atoms. The van der Waals surface area contributed by atoms with E-state index in [4.69, 9.17) is 0 Å². The maximum atomic E-state index is 4.67. The highest BCUT2D eigenvalue weighted by Gasteiger charge is 2.16. The van der Waals surface area contributed by atoms with Gasteiger partial charge >= 0.3 is 0 Å². The highest BCUT2D eigenvalue weighted by atomic mass is 15.2. The van der Waals surface area contributed by atoms with Gasteiger partial charge in [-0.15, -0.1) is 0 Å². The maximum absolute atomic E-state index is 4.67. The van der Waals surface area contributed by atoms with Crippen LogP contribution in [-0.2, 0) is 6.54 Å². The van der Waals surface area contributed by atoms with Crippen LogP contribution in [-0.4, -0.2) is 51.1 Å². The van der Waals surface area contributed by atoms with E-state index in [-0.39, 0.29) is 0 Å². The van der Waals surface area contributed by atoms with E-state index in [1.54, 1.807) is 0 Å². The van der Waals surface area contributed by atoms with Crippen LogP contribution in [0.1, 0.15) is 31.9 Å². The standard InChI is InChI=1S/C15H26N6/c1-7-8-21-12(4)19-13-14(16-10(2)9-20(5)6)17-11(3)18-15(13)21/h10H,7-9H2,1-6H3,(H,16,17,18). The predicted molar refractivity (Wildman–Crippen MR) is 86.7 cm³/mol. The lowest BCUT2D eigenvalue weighted by Crippen LogP contribution is -2.30. The van der Waals surface area contributed by atoms with E-state index in [0.29, 0.717) is 6.04 Å². The Labute approximate surface area is 126 Å². The Balaban J connectivity index is 2.42. The Bertz CT molecular complexity index is 616. The number of imidazole rings is 1. The Morgan fingerprint density at radius 2 is 1.90 bits per heavy atom. The van der Waals surface area contributed by atoms with Gasteiger partial charge in [-0.1, -0.05) is 6.92 Å². The van der Waals surface area contributed by atoms with Gasteiger partial charge in [-0.2, -0.15) is 0 Å². The first kappa shape index (κ1) is 15.7. The van der Waals surface area contributed by atoms with Crippen LogP contribution in [0.3, 0.4) is 0 Å². The van der Waals surface area contributed by atoms with E-state index in [1.165, 1.54) is 0 Å². The molecule has 0 amide bonds. The number of hydrogen-bond donors (Lipinski definition) is 1. The second-order valence-electron chi connectivity index (χ2n) is 5.91. The van der Waals surface area contributed by atoms with Gasteiger partial charge in [-0.3, -0.25) is 0 Å². The van der Waals surface area contributed by atoms with Crippen LogP contribution in [0.15, 0.2) is 0 Å². The fourth-order valence-corrected chi connectivity index (χ4v) is 2.64.